The standard InChI is InChI=1S/C17H22N2OS/c1-4-18-17(20)11-14-6-8-15(9-7-14)19-13(3)16-10-5-12(2)21-16/h5-10,13,19H,4,11H2,1-3H3,(H,18,20). The Hall–Kier alpha value is -1.81. The Morgan fingerprint density at radius 1 is 1.19 bits per heavy atom. The van der Waals surface area contributed by atoms with Gasteiger partial charge in [0.1, 0.15) is 0 Å². The molecular weight excluding hydrogens is 280 g/mol. The highest BCUT2D eigenvalue weighted by atomic mass is 32.1. The van der Waals surface area contributed by atoms with E-state index < -0.39 is 0 Å². The van der Waals surface area contributed by atoms with Crippen LogP contribution in [0.1, 0.15) is 35.2 Å². The van der Waals surface area contributed by atoms with E-state index in [0.29, 0.717) is 13.0 Å². The van der Waals surface area contributed by atoms with Crippen molar-refractivity contribution >= 4 is 22.9 Å². The lowest BCUT2D eigenvalue weighted by molar-refractivity contribution is -0.120. The molecule has 1 aromatic carbocycles. The lowest BCUT2D eigenvalue weighted by atomic mass is 10.1. The molecule has 2 N–H and O–H groups in total. The van der Waals surface area contributed by atoms with Gasteiger partial charge in [0.25, 0.3) is 0 Å². The highest BCUT2D eigenvalue weighted by Gasteiger charge is 2.08. The molecule has 0 aliphatic heterocycles. The zero-order chi connectivity index (χ0) is 15.2. The molecule has 1 atom stereocenters. The number of hydrogen-bond acceptors (Lipinski definition) is 3. The van der Waals surface area contributed by atoms with E-state index in [1.165, 1.54) is 9.75 Å². The summed E-state index contributed by atoms with van der Waals surface area (Å²) in [5, 5.41) is 6.30. The first-order valence-electron chi connectivity index (χ1n) is 7.27. The van der Waals surface area contributed by atoms with Gasteiger partial charge in [0.05, 0.1) is 12.5 Å². The van der Waals surface area contributed by atoms with E-state index in [-0.39, 0.29) is 11.9 Å². The Balaban J connectivity index is 1.94. The van der Waals surface area contributed by atoms with Crippen LogP contribution < -0.4 is 10.6 Å². The van der Waals surface area contributed by atoms with Gasteiger partial charge in [-0.25, -0.2) is 0 Å². The van der Waals surface area contributed by atoms with Crippen molar-refractivity contribution in [3.63, 3.8) is 0 Å². The average Bonchev–Trinajstić information content (AvgIpc) is 2.88. The summed E-state index contributed by atoms with van der Waals surface area (Å²) in [6.07, 6.45) is 0.438. The van der Waals surface area contributed by atoms with Gasteiger partial charge in [0.15, 0.2) is 0 Å². The zero-order valence-electron chi connectivity index (χ0n) is 12.8. The summed E-state index contributed by atoms with van der Waals surface area (Å²) in [4.78, 5) is 14.2. The maximum absolute atomic E-state index is 11.5. The van der Waals surface area contributed by atoms with E-state index in [1.54, 1.807) is 0 Å². The highest BCUT2D eigenvalue weighted by Crippen LogP contribution is 2.25. The van der Waals surface area contributed by atoms with Gasteiger partial charge in [0.2, 0.25) is 5.91 Å². The van der Waals surface area contributed by atoms with Crippen LogP contribution in [0.15, 0.2) is 36.4 Å². The average molecular weight is 302 g/mol. The molecular formula is C17H22N2OS. The molecule has 21 heavy (non-hydrogen) atoms. The molecule has 112 valence electrons. The summed E-state index contributed by atoms with van der Waals surface area (Å²) in [5.74, 6) is 0.0700. The van der Waals surface area contributed by atoms with E-state index in [9.17, 15) is 4.79 Å². The number of nitrogens with one attached hydrogen (secondary N) is 2. The minimum Gasteiger partial charge on any atom is -0.378 e. The monoisotopic (exact) mass is 302 g/mol. The molecule has 0 radical (unpaired) electrons. The zero-order valence-corrected chi connectivity index (χ0v) is 13.6. The van der Waals surface area contributed by atoms with Crippen molar-refractivity contribution in [1.29, 1.82) is 0 Å². The van der Waals surface area contributed by atoms with Crippen molar-refractivity contribution in [2.24, 2.45) is 0 Å². The lowest BCUT2D eigenvalue weighted by Gasteiger charge is -2.14. The molecule has 0 aliphatic rings. The first-order valence-corrected chi connectivity index (χ1v) is 8.08. The second kappa shape index (κ2) is 7.27. The summed E-state index contributed by atoms with van der Waals surface area (Å²) >= 11 is 1.82. The minimum atomic E-state index is 0.0700. The number of carbonyl (C=O) groups is 1. The van der Waals surface area contributed by atoms with Crippen LogP contribution in [0.25, 0.3) is 0 Å². The number of aryl methyl sites for hydroxylation is 1. The number of hydrogen-bond donors (Lipinski definition) is 2. The third kappa shape index (κ3) is 4.60. The Kier molecular flexibility index (Phi) is 5.39. The second-order valence-corrected chi connectivity index (χ2v) is 6.46. The molecule has 1 heterocycles. The molecule has 1 amide bonds. The predicted octanol–water partition coefficient (Wildman–Crippen LogP) is 3.91. The Morgan fingerprint density at radius 2 is 1.90 bits per heavy atom. The van der Waals surface area contributed by atoms with Gasteiger partial charge in [-0.05, 0) is 50.6 Å². The van der Waals surface area contributed by atoms with Crippen LogP contribution in [0.2, 0.25) is 0 Å². The number of amides is 1. The summed E-state index contributed by atoms with van der Waals surface area (Å²) in [6, 6.07) is 12.7. The number of rotatable bonds is 6. The topological polar surface area (TPSA) is 41.1 Å². The molecule has 0 fully saturated rings. The number of carbonyl (C=O) groups excluding carboxylic acids is 1. The molecule has 4 heteroatoms. The van der Waals surface area contributed by atoms with Crippen molar-refractivity contribution in [2.75, 3.05) is 11.9 Å². The number of thiophene rings is 1. The smallest absolute Gasteiger partial charge is 0.224 e. The molecule has 1 aromatic heterocycles. The number of benzene rings is 1. The van der Waals surface area contributed by atoms with Crippen LogP contribution in [0.5, 0.6) is 0 Å². The van der Waals surface area contributed by atoms with Crippen LogP contribution in [0.4, 0.5) is 5.69 Å². The van der Waals surface area contributed by atoms with E-state index in [0.717, 1.165) is 11.3 Å². The quantitative estimate of drug-likeness (QED) is 0.849. The first kappa shape index (κ1) is 15.6. The molecule has 0 saturated heterocycles. The minimum absolute atomic E-state index is 0.0700. The molecule has 1 unspecified atom stereocenters. The Morgan fingerprint density at radius 3 is 2.48 bits per heavy atom. The normalized spacial score (nSPS) is 12.0. The predicted molar refractivity (Wildman–Crippen MR) is 89.9 cm³/mol. The van der Waals surface area contributed by atoms with Gasteiger partial charge in [-0.2, -0.15) is 0 Å². The van der Waals surface area contributed by atoms with E-state index >= 15 is 0 Å². The molecule has 0 saturated carbocycles. The van der Waals surface area contributed by atoms with Gasteiger partial charge in [-0.3, -0.25) is 4.79 Å². The summed E-state index contributed by atoms with van der Waals surface area (Å²) in [6.45, 7) is 6.89. The van der Waals surface area contributed by atoms with Crippen LogP contribution in [0.3, 0.4) is 0 Å². The van der Waals surface area contributed by atoms with E-state index in [1.807, 2.05) is 42.5 Å². The first-order chi connectivity index (χ1) is 10.1. The fraction of sp³-hybridized carbons (Fsp3) is 0.353. The number of anilines is 1. The van der Waals surface area contributed by atoms with Gasteiger partial charge in [-0.1, -0.05) is 12.1 Å². The molecule has 2 aromatic rings. The van der Waals surface area contributed by atoms with Crippen LogP contribution >= 0.6 is 11.3 Å². The van der Waals surface area contributed by atoms with Crippen molar-refractivity contribution < 1.29 is 4.79 Å². The number of likely N-dealkylation sites (N-methyl/N-ethyl adjacent to an activating group) is 1. The molecule has 0 aliphatic carbocycles. The van der Waals surface area contributed by atoms with Crippen LogP contribution in [-0.2, 0) is 11.2 Å². The third-order valence-electron chi connectivity index (χ3n) is 3.26. The molecule has 3 nitrogen and oxygen atoms in total. The van der Waals surface area contributed by atoms with Crippen molar-refractivity contribution in [2.45, 2.75) is 33.2 Å². The molecule has 2 rings (SSSR count). The summed E-state index contributed by atoms with van der Waals surface area (Å²) in [7, 11) is 0. The maximum Gasteiger partial charge on any atom is 0.224 e. The Bertz CT molecular complexity index is 589. The van der Waals surface area contributed by atoms with Crippen molar-refractivity contribution in [3.8, 4) is 0 Å². The van der Waals surface area contributed by atoms with Gasteiger partial charge >= 0.3 is 0 Å². The third-order valence-corrected chi connectivity index (χ3v) is 4.45. The lowest BCUT2D eigenvalue weighted by Crippen LogP contribution is -2.24. The SMILES string of the molecule is CCNC(=O)Cc1ccc(NC(C)c2ccc(C)s2)cc1. The van der Waals surface area contributed by atoms with E-state index in [4.69, 9.17) is 0 Å². The Labute approximate surface area is 130 Å². The van der Waals surface area contributed by atoms with Crippen LogP contribution in [-0.4, -0.2) is 12.5 Å². The summed E-state index contributed by atoms with van der Waals surface area (Å²) in [5.41, 5.74) is 2.11. The van der Waals surface area contributed by atoms with E-state index in [2.05, 4.69) is 36.6 Å². The summed E-state index contributed by atoms with van der Waals surface area (Å²) < 4.78 is 0. The fourth-order valence-corrected chi connectivity index (χ4v) is 3.05. The fourth-order valence-electron chi connectivity index (χ4n) is 2.17. The van der Waals surface area contributed by atoms with Crippen molar-refractivity contribution in [3.05, 3.63) is 51.7 Å². The molecule has 0 spiro atoms. The van der Waals surface area contributed by atoms with Gasteiger partial charge in [-0.15, -0.1) is 11.3 Å². The van der Waals surface area contributed by atoms with Crippen molar-refractivity contribution in [1.82, 2.24) is 5.32 Å². The second-order valence-electron chi connectivity index (χ2n) is 5.14. The highest BCUT2D eigenvalue weighted by molar-refractivity contribution is 7.12. The van der Waals surface area contributed by atoms with Gasteiger partial charge < -0.3 is 10.6 Å². The maximum atomic E-state index is 11.5. The largest absolute Gasteiger partial charge is 0.378 e. The molecule has 0 bridgehead atoms. The van der Waals surface area contributed by atoms with Crippen LogP contribution in [0, 0.1) is 6.92 Å². The van der Waals surface area contributed by atoms with Gasteiger partial charge in [0, 0.05) is 22.0 Å².